The van der Waals surface area contributed by atoms with Crippen LogP contribution in [0.2, 0.25) is 5.02 Å². The van der Waals surface area contributed by atoms with E-state index in [0.717, 1.165) is 18.9 Å². The zero-order chi connectivity index (χ0) is 18.0. The minimum Gasteiger partial charge on any atom is -0.469 e. The fourth-order valence-electron chi connectivity index (χ4n) is 2.27. The first-order valence-electron chi connectivity index (χ1n) is 7.60. The van der Waals surface area contributed by atoms with Crippen LogP contribution in [0.15, 0.2) is 42.5 Å². The average Bonchev–Trinajstić information content (AvgIpc) is 3.38. The van der Waals surface area contributed by atoms with Gasteiger partial charge in [0.15, 0.2) is 5.75 Å². The highest BCUT2D eigenvalue weighted by Gasteiger charge is 2.31. The molecule has 1 saturated carbocycles. The first kappa shape index (κ1) is 17.2. The Hall–Kier alpha value is -2.67. The molecule has 1 fully saturated rings. The number of nitro groups is 1. The molecule has 3 rings (SSSR count). The number of carbonyl (C=O) groups excluding carboxylic acids is 1. The van der Waals surface area contributed by atoms with E-state index in [2.05, 4.69) is 5.32 Å². The lowest BCUT2D eigenvalue weighted by Gasteiger charge is -2.19. The topological polar surface area (TPSA) is 81.5 Å². The lowest BCUT2D eigenvalue weighted by molar-refractivity contribution is -0.386. The highest BCUT2D eigenvalue weighted by Crippen LogP contribution is 2.34. The molecular formula is C17H14ClFN2O4. The summed E-state index contributed by atoms with van der Waals surface area (Å²) in [4.78, 5) is 23.1. The second-order valence-corrected chi connectivity index (χ2v) is 6.14. The summed E-state index contributed by atoms with van der Waals surface area (Å²) in [5, 5.41) is 14.2. The van der Waals surface area contributed by atoms with Gasteiger partial charge in [0.1, 0.15) is 5.82 Å². The van der Waals surface area contributed by atoms with Crippen LogP contribution in [0.5, 0.6) is 5.75 Å². The number of hydrogen-bond acceptors (Lipinski definition) is 4. The molecule has 0 heterocycles. The highest BCUT2D eigenvalue weighted by atomic mass is 35.5. The summed E-state index contributed by atoms with van der Waals surface area (Å²) in [5.41, 5.74) is 0.0441. The summed E-state index contributed by atoms with van der Waals surface area (Å²) in [7, 11) is 0. The SMILES string of the molecule is O=C(NC1CC1)C(Oc1ccc(Cl)cc1[N+](=O)[O-])c1ccc(F)cc1. The van der Waals surface area contributed by atoms with Crippen molar-refractivity contribution in [3.63, 3.8) is 0 Å². The maximum atomic E-state index is 13.2. The van der Waals surface area contributed by atoms with E-state index in [0.29, 0.717) is 5.56 Å². The van der Waals surface area contributed by atoms with Gasteiger partial charge in [-0.3, -0.25) is 14.9 Å². The van der Waals surface area contributed by atoms with E-state index >= 15 is 0 Å². The van der Waals surface area contributed by atoms with Gasteiger partial charge in [0, 0.05) is 22.7 Å². The minimum atomic E-state index is -1.14. The van der Waals surface area contributed by atoms with Gasteiger partial charge < -0.3 is 10.1 Å². The number of rotatable bonds is 6. The van der Waals surface area contributed by atoms with Crippen molar-refractivity contribution >= 4 is 23.2 Å². The Bertz CT molecular complexity index is 809. The average molecular weight is 365 g/mol. The van der Waals surface area contributed by atoms with Gasteiger partial charge in [0.2, 0.25) is 6.10 Å². The van der Waals surface area contributed by atoms with Crippen LogP contribution in [0.25, 0.3) is 0 Å². The molecule has 0 aliphatic heterocycles. The van der Waals surface area contributed by atoms with Crippen molar-refractivity contribution in [1.29, 1.82) is 0 Å². The fraction of sp³-hybridized carbons (Fsp3) is 0.235. The zero-order valence-electron chi connectivity index (χ0n) is 12.9. The molecule has 1 N–H and O–H groups in total. The molecule has 1 atom stereocenters. The standard InChI is InChI=1S/C17H14ClFN2O4/c18-11-3-8-15(14(9-11)21(23)24)25-16(17(22)20-13-6-7-13)10-1-4-12(19)5-2-10/h1-5,8-9,13,16H,6-7H2,(H,20,22). The Kier molecular flexibility index (Phi) is 4.85. The minimum absolute atomic E-state index is 0.0826. The van der Waals surface area contributed by atoms with Gasteiger partial charge in [-0.1, -0.05) is 23.7 Å². The third-order valence-corrected chi connectivity index (χ3v) is 3.93. The van der Waals surface area contributed by atoms with Crippen LogP contribution in [0, 0.1) is 15.9 Å². The fourth-order valence-corrected chi connectivity index (χ4v) is 2.44. The number of hydrogen-bond donors (Lipinski definition) is 1. The molecule has 0 bridgehead atoms. The second kappa shape index (κ2) is 7.06. The first-order valence-corrected chi connectivity index (χ1v) is 7.98. The lowest BCUT2D eigenvalue weighted by atomic mass is 10.1. The van der Waals surface area contributed by atoms with Crippen LogP contribution < -0.4 is 10.1 Å². The quantitative estimate of drug-likeness (QED) is 0.624. The maximum absolute atomic E-state index is 13.2. The monoisotopic (exact) mass is 364 g/mol. The Labute approximate surface area is 147 Å². The third kappa shape index (κ3) is 4.24. The zero-order valence-corrected chi connectivity index (χ0v) is 13.7. The normalized spacial score (nSPS) is 14.6. The number of halogens is 2. The Morgan fingerprint density at radius 3 is 2.56 bits per heavy atom. The van der Waals surface area contributed by atoms with Crippen LogP contribution >= 0.6 is 11.6 Å². The molecule has 0 aromatic heterocycles. The van der Waals surface area contributed by atoms with Crippen LogP contribution in [0.3, 0.4) is 0 Å². The van der Waals surface area contributed by atoms with Crippen LogP contribution in [0.1, 0.15) is 24.5 Å². The molecule has 8 heteroatoms. The van der Waals surface area contributed by atoms with Gasteiger partial charge >= 0.3 is 5.69 Å². The Morgan fingerprint density at radius 2 is 1.96 bits per heavy atom. The molecule has 1 amide bonds. The summed E-state index contributed by atoms with van der Waals surface area (Å²) in [6.45, 7) is 0. The van der Waals surface area contributed by atoms with Gasteiger partial charge in [-0.05, 0) is 37.1 Å². The molecule has 0 spiro atoms. The van der Waals surface area contributed by atoms with E-state index in [1.807, 2.05) is 0 Å². The Morgan fingerprint density at radius 1 is 1.28 bits per heavy atom. The molecule has 2 aromatic carbocycles. The predicted octanol–water partition coefficient (Wildman–Crippen LogP) is 3.79. The van der Waals surface area contributed by atoms with Crippen molar-refractivity contribution in [1.82, 2.24) is 5.32 Å². The van der Waals surface area contributed by atoms with E-state index < -0.39 is 22.8 Å². The smallest absolute Gasteiger partial charge is 0.312 e. The molecule has 0 saturated heterocycles. The second-order valence-electron chi connectivity index (χ2n) is 5.70. The third-order valence-electron chi connectivity index (χ3n) is 3.70. The van der Waals surface area contributed by atoms with Crippen LogP contribution in [-0.2, 0) is 4.79 Å². The molecular weight excluding hydrogens is 351 g/mol. The predicted molar refractivity (Wildman–Crippen MR) is 89.0 cm³/mol. The molecule has 1 unspecified atom stereocenters. The highest BCUT2D eigenvalue weighted by molar-refractivity contribution is 6.30. The summed E-state index contributed by atoms with van der Waals surface area (Å²) in [6.07, 6.45) is 0.618. The van der Waals surface area contributed by atoms with Crippen molar-refractivity contribution in [3.8, 4) is 5.75 Å². The van der Waals surface area contributed by atoms with Crippen LogP contribution in [0.4, 0.5) is 10.1 Å². The van der Waals surface area contributed by atoms with Crippen molar-refractivity contribution in [3.05, 3.63) is 69.0 Å². The number of amides is 1. The van der Waals surface area contributed by atoms with E-state index in [1.165, 1.54) is 36.4 Å². The lowest BCUT2D eigenvalue weighted by Crippen LogP contribution is -2.34. The number of nitrogens with one attached hydrogen (secondary N) is 1. The van der Waals surface area contributed by atoms with E-state index in [-0.39, 0.29) is 22.5 Å². The number of benzene rings is 2. The first-order chi connectivity index (χ1) is 11.9. The molecule has 25 heavy (non-hydrogen) atoms. The van der Waals surface area contributed by atoms with E-state index in [9.17, 15) is 19.3 Å². The number of carbonyl (C=O) groups is 1. The Balaban J connectivity index is 1.93. The number of nitrogens with zero attached hydrogens (tertiary/aromatic N) is 1. The summed E-state index contributed by atoms with van der Waals surface area (Å²) >= 11 is 5.79. The van der Waals surface area contributed by atoms with E-state index in [1.54, 1.807) is 0 Å². The van der Waals surface area contributed by atoms with Crippen molar-refractivity contribution < 1.29 is 18.8 Å². The molecule has 1 aliphatic rings. The van der Waals surface area contributed by atoms with Gasteiger partial charge in [-0.25, -0.2) is 4.39 Å². The van der Waals surface area contributed by atoms with Crippen molar-refractivity contribution in [2.45, 2.75) is 25.0 Å². The largest absolute Gasteiger partial charge is 0.469 e. The van der Waals surface area contributed by atoms with Crippen molar-refractivity contribution in [2.24, 2.45) is 0 Å². The summed E-state index contributed by atoms with van der Waals surface area (Å²) < 4.78 is 18.8. The molecule has 1 aliphatic carbocycles. The number of ether oxygens (including phenoxy) is 1. The van der Waals surface area contributed by atoms with Gasteiger partial charge in [-0.15, -0.1) is 0 Å². The van der Waals surface area contributed by atoms with E-state index in [4.69, 9.17) is 16.3 Å². The molecule has 130 valence electrons. The molecule has 6 nitrogen and oxygen atoms in total. The van der Waals surface area contributed by atoms with Crippen molar-refractivity contribution in [2.75, 3.05) is 0 Å². The van der Waals surface area contributed by atoms with Gasteiger partial charge in [0.05, 0.1) is 4.92 Å². The van der Waals surface area contributed by atoms with Gasteiger partial charge in [-0.2, -0.15) is 0 Å². The number of nitro benzene ring substituents is 1. The maximum Gasteiger partial charge on any atom is 0.312 e. The molecule has 0 radical (unpaired) electrons. The summed E-state index contributed by atoms with van der Waals surface area (Å²) in [5.74, 6) is -0.976. The van der Waals surface area contributed by atoms with Gasteiger partial charge in [0.25, 0.3) is 5.91 Å². The van der Waals surface area contributed by atoms with Crippen LogP contribution in [-0.4, -0.2) is 16.9 Å². The summed E-state index contributed by atoms with van der Waals surface area (Å²) in [6, 6.07) is 9.23. The molecule has 2 aromatic rings.